The molecule has 0 atom stereocenters. The van der Waals surface area contributed by atoms with Crippen LogP contribution in [0.5, 0.6) is 0 Å². The van der Waals surface area contributed by atoms with Crippen LogP contribution in [-0.2, 0) is 22.7 Å². The van der Waals surface area contributed by atoms with Gasteiger partial charge in [-0.2, -0.15) is 0 Å². The average Bonchev–Trinajstić information content (AvgIpc) is 2.83. The molecule has 5 heteroatoms. The van der Waals surface area contributed by atoms with E-state index in [1.807, 2.05) is 60.0 Å². The van der Waals surface area contributed by atoms with Crippen LogP contribution >= 0.6 is 15.9 Å². The Kier molecular flexibility index (Phi) is 4.24. The number of hydrogen-bond donors (Lipinski definition) is 0. The number of fused-ring (bicyclic) bond motifs is 1. The van der Waals surface area contributed by atoms with Gasteiger partial charge in [-0.05, 0) is 36.8 Å². The molecule has 0 aliphatic rings. The lowest BCUT2D eigenvalue weighted by molar-refractivity contribution is -0.145. The molecule has 0 saturated heterocycles. The predicted molar refractivity (Wildman–Crippen MR) is 88.4 cm³/mol. The molecule has 0 aliphatic carbocycles. The first-order valence-corrected chi connectivity index (χ1v) is 7.75. The van der Waals surface area contributed by atoms with Crippen LogP contribution in [0, 0.1) is 6.92 Å². The van der Waals surface area contributed by atoms with Crippen molar-refractivity contribution in [3.8, 4) is 0 Å². The molecule has 4 nitrogen and oxygen atoms in total. The minimum absolute atomic E-state index is 0.170. The van der Waals surface area contributed by atoms with E-state index in [4.69, 9.17) is 4.74 Å². The Morgan fingerprint density at radius 1 is 1.18 bits per heavy atom. The second-order valence-electron chi connectivity index (χ2n) is 5.02. The summed E-state index contributed by atoms with van der Waals surface area (Å²) in [5.74, 6) is 0.538. The summed E-state index contributed by atoms with van der Waals surface area (Å²) in [7, 11) is 0. The lowest BCUT2D eigenvalue weighted by Gasteiger charge is -2.08. The lowest BCUT2D eigenvalue weighted by atomic mass is 10.2. The maximum absolute atomic E-state index is 12.1. The summed E-state index contributed by atoms with van der Waals surface area (Å²) in [5.41, 5.74) is 2.80. The van der Waals surface area contributed by atoms with Gasteiger partial charge in [-0.15, -0.1) is 0 Å². The summed E-state index contributed by atoms with van der Waals surface area (Å²) in [6.07, 6.45) is 0. The molecule has 22 heavy (non-hydrogen) atoms. The van der Waals surface area contributed by atoms with Gasteiger partial charge < -0.3 is 9.30 Å². The third-order valence-electron chi connectivity index (χ3n) is 3.45. The maximum atomic E-state index is 12.1. The van der Waals surface area contributed by atoms with Crippen LogP contribution in [0.1, 0.15) is 11.4 Å². The molecule has 0 saturated carbocycles. The zero-order chi connectivity index (χ0) is 15.5. The Morgan fingerprint density at radius 3 is 2.68 bits per heavy atom. The van der Waals surface area contributed by atoms with E-state index >= 15 is 0 Å². The number of halogens is 1. The first kappa shape index (κ1) is 14.8. The SMILES string of the molecule is Cc1nc2ccccc2n1CC(=O)OCc1ccc(Br)cc1. The van der Waals surface area contributed by atoms with Crippen LogP contribution in [0.25, 0.3) is 11.0 Å². The summed E-state index contributed by atoms with van der Waals surface area (Å²) in [4.78, 5) is 16.5. The molecule has 112 valence electrons. The van der Waals surface area contributed by atoms with Crippen molar-refractivity contribution < 1.29 is 9.53 Å². The van der Waals surface area contributed by atoms with Gasteiger partial charge in [0.25, 0.3) is 0 Å². The van der Waals surface area contributed by atoms with Crippen LogP contribution in [0.15, 0.2) is 53.0 Å². The number of carbonyl (C=O) groups excluding carboxylic acids is 1. The van der Waals surface area contributed by atoms with Crippen molar-refractivity contribution in [2.75, 3.05) is 0 Å². The molecule has 0 aliphatic heterocycles. The summed E-state index contributed by atoms with van der Waals surface area (Å²) in [6, 6.07) is 15.5. The van der Waals surface area contributed by atoms with Gasteiger partial charge in [0.15, 0.2) is 0 Å². The predicted octanol–water partition coefficient (Wildman–Crippen LogP) is 3.85. The molecular formula is C17H15BrN2O2. The highest BCUT2D eigenvalue weighted by atomic mass is 79.9. The monoisotopic (exact) mass is 358 g/mol. The minimum atomic E-state index is -0.269. The molecule has 0 fully saturated rings. The number of carbonyl (C=O) groups is 1. The highest BCUT2D eigenvalue weighted by Gasteiger charge is 2.11. The zero-order valence-electron chi connectivity index (χ0n) is 12.1. The molecule has 0 amide bonds. The molecule has 0 N–H and O–H groups in total. The van der Waals surface area contributed by atoms with Gasteiger partial charge in [0.05, 0.1) is 11.0 Å². The number of ether oxygens (including phenoxy) is 1. The molecule has 0 unspecified atom stereocenters. The third kappa shape index (κ3) is 3.20. The first-order valence-electron chi connectivity index (χ1n) is 6.95. The number of esters is 1. The van der Waals surface area contributed by atoms with Gasteiger partial charge >= 0.3 is 5.97 Å². The van der Waals surface area contributed by atoms with Gasteiger partial charge in [-0.1, -0.05) is 40.2 Å². The van der Waals surface area contributed by atoms with E-state index in [1.54, 1.807) is 0 Å². The molecule has 1 heterocycles. The van der Waals surface area contributed by atoms with Crippen molar-refractivity contribution in [3.05, 3.63) is 64.4 Å². The highest BCUT2D eigenvalue weighted by Crippen LogP contribution is 2.16. The van der Waals surface area contributed by atoms with E-state index in [-0.39, 0.29) is 19.1 Å². The Hall–Kier alpha value is -2.14. The Bertz CT molecular complexity index is 809. The van der Waals surface area contributed by atoms with E-state index in [0.29, 0.717) is 0 Å². The fourth-order valence-corrected chi connectivity index (χ4v) is 2.58. The second kappa shape index (κ2) is 6.32. The van der Waals surface area contributed by atoms with Crippen molar-refractivity contribution in [2.45, 2.75) is 20.1 Å². The van der Waals surface area contributed by atoms with Gasteiger partial charge in [-0.25, -0.2) is 4.98 Å². The molecule has 3 aromatic rings. The van der Waals surface area contributed by atoms with Crippen LogP contribution in [0.3, 0.4) is 0 Å². The number of imidazole rings is 1. The van der Waals surface area contributed by atoms with E-state index in [2.05, 4.69) is 20.9 Å². The van der Waals surface area contributed by atoms with Gasteiger partial charge in [0.2, 0.25) is 0 Å². The van der Waals surface area contributed by atoms with Crippen molar-refractivity contribution in [3.63, 3.8) is 0 Å². The van der Waals surface area contributed by atoms with Crippen molar-refractivity contribution >= 4 is 32.9 Å². The number of para-hydroxylation sites is 2. The third-order valence-corrected chi connectivity index (χ3v) is 3.97. The number of nitrogens with zero attached hydrogens (tertiary/aromatic N) is 2. The highest BCUT2D eigenvalue weighted by molar-refractivity contribution is 9.10. The number of hydrogen-bond acceptors (Lipinski definition) is 3. The summed E-state index contributed by atoms with van der Waals surface area (Å²) < 4.78 is 8.22. The Labute approximate surface area is 136 Å². The van der Waals surface area contributed by atoms with Crippen molar-refractivity contribution in [1.29, 1.82) is 0 Å². The minimum Gasteiger partial charge on any atom is -0.459 e. The van der Waals surface area contributed by atoms with E-state index in [0.717, 1.165) is 26.9 Å². The number of rotatable bonds is 4. The molecule has 1 aromatic heterocycles. The van der Waals surface area contributed by atoms with Gasteiger partial charge in [0.1, 0.15) is 19.0 Å². The van der Waals surface area contributed by atoms with Gasteiger partial charge in [-0.3, -0.25) is 4.79 Å². The van der Waals surface area contributed by atoms with Gasteiger partial charge in [0, 0.05) is 4.47 Å². The summed E-state index contributed by atoms with van der Waals surface area (Å²) >= 11 is 3.38. The molecule has 0 spiro atoms. The fraction of sp³-hybridized carbons (Fsp3) is 0.176. The van der Waals surface area contributed by atoms with Crippen LogP contribution in [0.4, 0.5) is 0 Å². The number of benzene rings is 2. The standard InChI is InChI=1S/C17H15BrN2O2/c1-12-19-15-4-2-3-5-16(15)20(12)10-17(21)22-11-13-6-8-14(18)9-7-13/h2-9H,10-11H2,1H3. The molecule has 0 bridgehead atoms. The normalized spacial score (nSPS) is 10.8. The smallest absolute Gasteiger partial charge is 0.326 e. The zero-order valence-corrected chi connectivity index (χ0v) is 13.7. The maximum Gasteiger partial charge on any atom is 0.326 e. The second-order valence-corrected chi connectivity index (χ2v) is 5.94. The Balaban J connectivity index is 1.68. The average molecular weight is 359 g/mol. The van der Waals surface area contributed by atoms with Crippen LogP contribution in [-0.4, -0.2) is 15.5 Å². The van der Waals surface area contributed by atoms with E-state index in [1.165, 1.54) is 0 Å². The van der Waals surface area contributed by atoms with E-state index < -0.39 is 0 Å². The van der Waals surface area contributed by atoms with Crippen molar-refractivity contribution in [2.24, 2.45) is 0 Å². The van der Waals surface area contributed by atoms with Crippen LogP contribution in [0.2, 0.25) is 0 Å². The number of aryl methyl sites for hydroxylation is 1. The molecule has 2 aromatic carbocycles. The van der Waals surface area contributed by atoms with Crippen LogP contribution < -0.4 is 0 Å². The summed E-state index contributed by atoms with van der Waals surface area (Å²) in [5, 5.41) is 0. The van der Waals surface area contributed by atoms with E-state index in [9.17, 15) is 4.79 Å². The first-order chi connectivity index (χ1) is 10.6. The largest absolute Gasteiger partial charge is 0.459 e. The number of aromatic nitrogens is 2. The molecule has 0 radical (unpaired) electrons. The fourth-order valence-electron chi connectivity index (χ4n) is 2.31. The molecule has 3 rings (SSSR count). The quantitative estimate of drug-likeness (QED) is 0.665. The van der Waals surface area contributed by atoms with Crippen molar-refractivity contribution in [1.82, 2.24) is 9.55 Å². The molecular weight excluding hydrogens is 344 g/mol. The topological polar surface area (TPSA) is 44.1 Å². The Morgan fingerprint density at radius 2 is 1.91 bits per heavy atom. The summed E-state index contributed by atoms with van der Waals surface area (Å²) in [6.45, 7) is 2.34. The lowest BCUT2D eigenvalue weighted by Crippen LogP contribution is -2.14.